The van der Waals surface area contributed by atoms with Crippen molar-refractivity contribution in [2.24, 2.45) is 11.7 Å². The van der Waals surface area contributed by atoms with Gasteiger partial charge in [-0.15, -0.1) is 0 Å². The number of hydrogen-bond donors (Lipinski definition) is 2. The van der Waals surface area contributed by atoms with Crippen LogP contribution in [0, 0.1) is 5.92 Å². The van der Waals surface area contributed by atoms with E-state index in [0.29, 0.717) is 13.2 Å². The van der Waals surface area contributed by atoms with Crippen LogP contribution in [0.15, 0.2) is 0 Å². The van der Waals surface area contributed by atoms with Gasteiger partial charge in [0.1, 0.15) is 0 Å². The van der Waals surface area contributed by atoms with Crippen LogP contribution in [0.25, 0.3) is 0 Å². The highest BCUT2D eigenvalue weighted by Crippen LogP contribution is 2.21. The molecule has 0 aromatic carbocycles. The summed E-state index contributed by atoms with van der Waals surface area (Å²) in [6.45, 7) is 1.26. The van der Waals surface area contributed by atoms with Gasteiger partial charge in [-0.1, -0.05) is 0 Å². The van der Waals surface area contributed by atoms with Crippen LogP contribution in [0.2, 0.25) is 0 Å². The first-order chi connectivity index (χ1) is 4.79. The summed E-state index contributed by atoms with van der Waals surface area (Å²) < 4.78 is 5.14. The summed E-state index contributed by atoms with van der Waals surface area (Å²) in [6, 6.07) is -0.157. The van der Waals surface area contributed by atoms with Gasteiger partial charge < -0.3 is 15.8 Å². The minimum atomic E-state index is -0.340. The van der Waals surface area contributed by atoms with Crippen molar-refractivity contribution in [2.45, 2.75) is 12.1 Å². The summed E-state index contributed by atoms with van der Waals surface area (Å²) in [5.74, 6) is 0.186. The van der Waals surface area contributed by atoms with Crippen LogP contribution in [0.5, 0.6) is 0 Å². The molecule has 0 aromatic heterocycles. The molecule has 56 valence electrons. The van der Waals surface area contributed by atoms with E-state index in [1.165, 1.54) is 0 Å². The van der Waals surface area contributed by atoms with Crippen LogP contribution in [0.4, 0.5) is 0 Å². The number of carbonyl (C=O) groups excluding carboxylic acids is 1. The second kappa shape index (κ2) is 1.93. The predicted octanol–water partition coefficient (Wildman–Crippen LogP) is -1.54. The zero-order valence-electron chi connectivity index (χ0n) is 5.54. The third-order valence-corrected chi connectivity index (χ3v) is 2.22. The van der Waals surface area contributed by atoms with E-state index < -0.39 is 0 Å². The number of nitrogens with two attached hydrogens (primary N) is 1. The third kappa shape index (κ3) is 0.660. The van der Waals surface area contributed by atoms with Crippen molar-refractivity contribution in [3.63, 3.8) is 0 Å². The molecule has 3 atom stereocenters. The van der Waals surface area contributed by atoms with Crippen molar-refractivity contribution < 1.29 is 9.53 Å². The number of rotatable bonds is 0. The van der Waals surface area contributed by atoms with Crippen LogP contribution in [-0.2, 0) is 9.53 Å². The van der Waals surface area contributed by atoms with Crippen LogP contribution >= 0.6 is 0 Å². The van der Waals surface area contributed by atoms with Crippen LogP contribution in [0.3, 0.4) is 0 Å². The Balaban J connectivity index is 2.16. The van der Waals surface area contributed by atoms with Crippen LogP contribution in [-0.4, -0.2) is 31.2 Å². The van der Waals surface area contributed by atoms with Gasteiger partial charge >= 0.3 is 0 Å². The molecule has 2 aliphatic heterocycles. The fraction of sp³-hybridized carbons (Fsp3) is 0.833. The normalized spacial score (nSPS) is 45.3. The van der Waals surface area contributed by atoms with Crippen LogP contribution < -0.4 is 11.1 Å². The third-order valence-electron chi connectivity index (χ3n) is 2.22. The maximum atomic E-state index is 10.9. The molecule has 2 saturated heterocycles. The largest absolute Gasteiger partial charge is 0.379 e. The maximum absolute atomic E-state index is 10.9. The van der Waals surface area contributed by atoms with E-state index in [0.717, 1.165) is 0 Å². The van der Waals surface area contributed by atoms with Crippen molar-refractivity contribution in [1.82, 2.24) is 5.32 Å². The Kier molecular flexibility index (Phi) is 1.18. The average Bonchev–Trinajstić information content (AvgIpc) is 2.41. The minimum Gasteiger partial charge on any atom is -0.379 e. The fourth-order valence-electron chi connectivity index (χ4n) is 1.55. The first-order valence-electron chi connectivity index (χ1n) is 3.43. The van der Waals surface area contributed by atoms with Gasteiger partial charge in [-0.05, 0) is 0 Å². The second-order valence-corrected chi connectivity index (χ2v) is 2.84. The van der Waals surface area contributed by atoms with Crippen molar-refractivity contribution in [2.75, 3.05) is 13.2 Å². The number of nitrogens with one attached hydrogen (secondary N) is 1. The molecular weight excluding hydrogens is 132 g/mol. The molecule has 4 nitrogen and oxygen atoms in total. The highest BCUT2D eigenvalue weighted by molar-refractivity contribution is 5.84. The molecule has 10 heavy (non-hydrogen) atoms. The van der Waals surface area contributed by atoms with Gasteiger partial charge in [-0.25, -0.2) is 0 Å². The second-order valence-electron chi connectivity index (χ2n) is 2.84. The van der Waals surface area contributed by atoms with E-state index in [1.54, 1.807) is 0 Å². The van der Waals surface area contributed by atoms with Gasteiger partial charge in [0.25, 0.3) is 0 Å². The maximum Gasteiger partial charge on any atom is 0.237 e. The molecule has 2 rings (SSSR count). The monoisotopic (exact) mass is 142 g/mol. The van der Waals surface area contributed by atoms with E-state index in [9.17, 15) is 4.79 Å². The van der Waals surface area contributed by atoms with Crippen molar-refractivity contribution in [1.29, 1.82) is 0 Å². The zero-order chi connectivity index (χ0) is 7.14. The lowest BCUT2D eigenvalue weighted by atomic mass is 10.0. The molecule has 2 heterocycles. The Morgan fingerprint density at radius 2 is 2.40 bits per heavy atom. The Labute approximate surface area is 58.7 Å². The summed E-state index contributed by atoms with van der Waals surface area (Å²) in [5, 5.41) is 2.78. The van der Waals surface area contributed by atoms with Gasteiger partial charge in [0.15, 0.2) is 0 Å². The molecule has 0 radical (unpaired) electrons. The highest BCUT2D eigenvalue weighted by atomic mass is 16.5. The van der Waals surface area contributed by atoms with Crippen LogP contribution in [0.1, 0.15) is 0 Å². The SMILES string of the molecule is NC1C(=O)NC2COCC21. The topological polar surface area (TPSA) is 64.4 Å². The lowest BCUT2D eigenvalue weighted by Crippen LogP contribution is -2.35. The molecular formula is C6H10N2O2. The van der Waals surface area contributed by atoms with Gasteiger partial charge in [0.05, 0.1) is 25.3 Å². The molecule has 0 bridgehead atoms. The van der Waals surface area contributed by atoms with Crippen molar-refractivity contribution >= 4 is 5.91 Å². The standard InChI is InChI=1S/C6H10N2O2/c7-5-3-1-10-2-4(3)8-6(5)9/h3-5H,1-2,7H2,(H,8,9). The Morgan fingerprint density at radius 1 is 1.60 bits per heavy atom. The smallest absolute Gasteiger partial charge is 0.237 e. The molecule has 3 N–H and O–H groups in total. The number of carbonyl (C=O) groups is 1. The first kappa shape index (κ1) is 6.12. The summed E-state index contributed by atoms with van der Waals surface area (Å²) >= 11 is 0. The van der Waals surface area contributed by atoms with E-state index in [-0.39, 0.29) is 23.9 Å². The summed E-state index contributed by atoms with van der Waals surface area (Å²) in [7, 11) is 0. The minimum absolute atomic E-state index is 0.0294. The molecule has 0 spiro atoms. The molecule has 0 saturated carbocycles. The Morgan fingerprint density at radius 3 is 3.10 bits per heavy atom. The van der Waals surface area contributed by atoms with E-state index in [4.69, 9.17) is 10.5 Å². The summed E-state index contributed by atoms with van der Waals surface area (Å²) in [6.07, 6.45) is 0. The zero-order valence-corrected chi connectivity index (χ0v) is 5.54. The Bertz CT molecular complexity index is 171. The fourth-order valence-corrected chi connectivity index (χ4v) is 1.55. The molecule has 0 aliphatic carbocycles. The molecule has 0 aromatic rings. The molecule has 4 heteroatoms. The van der Waals surface area contributed by atoms with Gasteiger partial charge in [-0.2, -0.15) is 0 Å². The number of ether oxygens (including phenoxy) is 1. The average molecular weight is 142 g/mol. The molecule has 1 amide bonds. The van der Waals surface area contributed by atoms with Gasteiger partial charge in [0.2, 0.25) is 5.91 Å². The first-order valence-corrected chi connectivity index (χ1v) is 3.43. The van der Waals surface area contributed by atoms with Gasteiger partial charge in [0, 0.05) is 5.92 Å². The Hall–Kier alpha value is -0.610. The number of fused-ring (bicyclic) bond motifs is 1. The lowest BCUT2D eigenvalue weighted by Gasteiger charge is -2.05. The summed E-state index contributed by atoms with van der Waals surface area (Å²) in [5.41, 5.74) is 5.57. The predicted molar refractivity (Wildman–Crippen MR) is 34.2 cm³/mol. The van der Waals surface area contributed by atoms with E-state index >= 15 is 0 Å². The molecule has 2 aliphatic rings. The number of hydrogen-bond acceptors (Lipinski definition) is 3. The molecule has 3 unspecified atom stereocenters. The molecule has 2 fully saturated rings. The number of amides is 1. The quantitative estimate of drug-likeness (QED) is 0.431. The lowest BCUT2D eigenvalue weighted by molar-refractivity contribution is -0.121. The van der Waals surface area contributed by atoms with Crippen molar-refractivity contribution in [3.05, 3.63) is 0 Å². The van der Waals surface area contributed by atoms with Gasteiger partial charge in [-0.3, -0.25) is 4.79 Å². The highest BCUT2D eigenvalue weighted by Gasteiger charge is 2.43. The summed E-state index contributed by atoms with van der Waals surface area (Å²) in [4.78, 5) is 10.9. The van der Waals surface area contributed by atoms with E-state index in [1.807, 2.05) is 0 Å². The van der Waals surface area contributed by atoms with E-state index in [2.05, 4.69) is 5.32 Å². The van der Waals surface area contributed by atoms with Crippen molar-refractivity contribution in [3.8, 4) is 0 Å².